The fourth-order valence-corrected chi connectivity index (χ4v) is 2.08. The van der Waals surface area contributed by atoms with Crippen LogP contribution >= 0.6 is 0 Å². The number of hydrogen-bond donors (Lipinski definition) is 1. The van der Waals surface area contributed by atoms with Gasteiger partial charge in [0, 0.05) is 37.9 Å². The van der Waals surface area contributed by atoms with Gasteiger partial charge in [0.1, 0.15) is 0 Å². The predicted octanol–water partition coefficient (Wildman–Crippen LogP) is 2.19. The molecular weight excluding hydrogens is 236 g/mol. The summed E-state index contributed by atoms with van der Waals surface area (Å²) < 4.78 is 2.08. The van der Waals surface area contributed by atoms with Crippen molar-refractivity contribution < 1.29 is 0 Å². The summed E-state index contributed by atoms with van der Waals surface area (Å²) >= 11 is 0. The molecule has 0 aliphatic carbocycles. The molecule has 0 fully saturated rings. The van der Waals surface area contributed by atoms with Gasteiger partial charge in [-0.1, -0.05) is 13.0 Å². The van der Waals surface area contributed by atoms with Gasteiger partial charge < -0.3 is 5.32 Å². The lowest BCUT2D eigenvalue weighted by atomic mass is 10.2. The highest BCUT2D eigenvalue weighted by molar-refractivity contribution is 5.10. The van der Waals surface area contributed by atoms with Crippen LogP contribution in [-0.4, -0.2) is 21.3 Å². The Balaban J connectivity index is 1.81. The fourth-order valence-electron chi connectivity index (χ4n) is 2.08. The van der Waals surface area contributed by atoms with Gasteiger partial charge in [-0.3, -0.25) is 9.67 Å². The molecule has 4 nitrogen and oxygen atoms in total. The standard InChI is InChI=1S/C15H22N4/c1-3-13-11-15(19(4-2)18-13)12-16-10-8-14-7-5-6-9-17-14/h5-7,9,11,16H,3-4,8,10,12H2,1-2H3. The Kier molecular flexibility index (Phi) is 5.10. The van der Waals surface area contributed by atoms with Crippen LogP contribution in [-0.2, 0) is 25.9 Å². The Hall–Kier alpha value is -1.68. The van der Waals surface area contributed by atoms with E-state index in [-0.39, 0.29) is 0 Å². The molecule has 0 spiro atoms. The molecule has 0 saturated carbocycles. The normalized spacial score (nSPS) is 10.8. The summed E-state index contributed by atoms with van der Waals surface area (Å²) in [5, 5.41) is 8.01. The van der Waals surface area contributed by atoms with Gasteiger partial charge in [-0.2, -0.15) is 5.10 Å². The first-order valence-corrected chi connectivity index (χ1v) is 6.99. The summed E-state index contributed by atoms with van der Waals surface area (Å²) in [6.45, 7) is 7.00. The number of aryl methyl sites for hydroxylation is 2. The van der Waals surface area contributed by atoms with Crippen molar-refractivity contribution in [2.45, 2.75) is 39.8 Å². The zero-order chi connectivity index (χ0) is 13.5. The van der Waals surface area contributed by atoms with Gasteiger partial charge in [0.25, 0.3) is 0 Å². The van der Waals surface area contributed by atoms with Crippen LogP contribution in [0.1, 0.15) is 30.9 Å². The molecule has 0 radical (unpaired) electrons. The molecule has 0 unspecified atom stereocenters. The molecule has 2 aromatic rings. The minimum Gasteiger partial charge on any atom is -0.311 e. The second-order valence-corrected chi connectivity index (χ2v) is 4.54. The predicted molar refractivity (Wildman–Crippen MR) is 76.9 cm³/mol. The Morgan fingerprint density at radius 2 is 2.11 bits per heavy atom. The van der Waals surface area contributed by atoms with E-state index < -0.39 is 0 Å². The Bertz CT molecular complexity index is 490. The van der Waals surface area contributed by atoms with Crippen molar-refractivity contribution in [2.75, 3.05) is 6.54 Å². The highest BCUT2D eigenvalue weighted by Crippen LogP contribution is 2.05. The van der Waals surface area contributed by atoms with Gasteiger partial charge in [-0.25, -0.2) is 0 Å². The van der Waals surface area contributed by atoms with Crippen molar-refractivity contribution in [1.29, 1.82) is 0 Å². The molecule has 1 N–H and O–H groups in total. The second-order valence-electron chi connectivity index (χ2n) is 4.54. The number of aromatic nitrogens is 3. The van der Waals surface area contributed by atoms with E-state index in [0.717, 1.165) is 38.2 Å². The van der Waals surface area contributed by atoms with E-state index in [1.807, 2.05) is 18.3 Å². The van der Waals surface area contributed by atoms with Gasteiger partial charge in [-0.15, -0.1) is 0 Å². The average Bonchev–Trinajstić information content (AvgIpc) is 2.87. The highest BCUT2D eigenvalue weighted by atomic mass is 15.3. The average molecular weight is 258 g/mol. The number of pyridine rings is 1. The second kappa shape index (κ2) is 7.04. The maximum absolute atomic E-state index is 4.55. The van der Waals surface area contributed by atoms with Crippen molar-refractivity contribution in [1.82, 2.24) is 20.1 Å². The van der Waals surface area contributed by atoms with Crippen LogP contribution in [0.15, 0.2) is 30.5 Å². The van der Waals surface area contributed by atoms with E-state index in [9.17, 15) is 0 Å². The lowest BCUT2D eigenvalue weighted by Gasteiger charge is -2.06. The minimum absolute atomic E-state index is 0.869. The Morgan fingerprint density at radius 1 is 1.21 bits per heavy atom. The highest BCUT2D eigenvalue weighted by Gasteiger charge is 2.04. The van der Waals surface area contributed by atoms with Crippen LogP contribution in [0.4, 0.5) is 0 Å². The SMILES string of the molecule is CCc1cc(CNCCc2ccccn2)n(CC)n1. The monoisotopic (exact) mass is 258 g/mol. The summed E-state index contributed by atoms with van der Waals surface area (Å²) in [5.41, 5.74) is 3.57. The van der Waals surface area contributed by atoms with E-state index >= 15 is 0 Å². The number of rotatable bonds is 7. The fraction of sp³-hybridized carbons (Fsp3) is 0.467. The summed E-state index contributed by atoms with van der Waals surface area (Å²) in [7, 11) is 0. The third kappa shape index (κ3) is 3.89. The lowest BCUT2D eigenvalue weighted by molar-refractivity contribution is 0.577. The van der Waals surface area contributed by atoms with Gasteiger partial charge in [0.05, 0.1) is 11.4 Å². The molecule has 4 heteroatoms. The van der Waals surface area contributed by atoms with Crippen molar-refractivity contribution in [3.05, 3.63) is 47.5 Å². The molecule has 2 heterocycles. The maximum Gasteiger partial charge on any atom is 0.0625 e. The van der Waals surface area contributed by atoms with Crippen molar-refractivity contribution in [2.24, 2.45) is 0 Å². The number of hydrogen-bond acceptors (Lipinski definition) is 3. The molecule has 0 amide bonds. The van der Waals surface area contributed by atoms with Gasteiger partial charge >= 0.3 is 0 Å². The first-order chi connectivity index (χ1) is 9.33. The van der Waals surface area contributed by atoms with E-state index in [0.29, 0.717) is 0 Å². The van der Waals surface area contributed by atoms with Crippen LogP contribution in [0, 0.1) is 0 Å². The van der Waals surface area contributed by atoms with E-state index in [1.54, 1.807) is 0 Å². The minimum atomic E-state index is 0.869. The molecular formula is C15H22N4. The molecule has 102 valence electrons. The van der Waals surface area contributed by atoms with Crippen LogP contribution in [0.25, 0.3) is 0 Å². The van der Waals surface area contributed by atoms with Crippen molar-refractivity contribution in [3.8, 4) is 0 Å². The largest absolute Gasteiger partial charge is 0.311 e. The molecule has 0 atom stereocenters. The first-order valence-electron chi connectivity index (χ1n) is 6.99. The van der Waals surface area contributed by atoms with Gasteiger partial charge in [0.2, 0.25) is 0 Å². The molecule has 2 aromatic heterocycles. The number of nitrogens with one attached hydrogen (secondary N) is 1. The lowest BCUT2D eigenvalue weighted by Crippen LogP contribution is -2.19. The third-order valence-corrected chi connectivity index (χ3v) is 3.17. The van der Waals surface area contributed by atoms with E-state index in [4.69, 9.17) is 0 Å². The Labute approximate surface area is 114 Å². The molecule has 2 rings (SSSR count). The summed E-state index contributed by atoms with van der Waals surface area (Å²) in [6, 6.07) is 8.23. The first kappa shape index (κ1) is 13.7. The summed E-state index contributed by atoms with van der Waals surface area (Å²) in [5.74, 6) is 0. The van der Waals surface area contributed by atoms with Crippen LogP contribution in [0.3, 0.4) is 0 Å². The van der Waals surface area contributed by atoms with Crippen LogP contribution < -0.4 is 5.32 Å². The zero-order valence-corrected chi connectivity index (χ0v) is 11.8. The van der Waals surface area contributed by atoms with Crippen molar-refractivity contribution >= 4 is 0 Å². The summed E-state index contributed by atoms with van der Waals surface area (Å²) in [6.07, 6.45) is 3.80. The van der Waals surface area contributed by atoms with Crippen molar-refractivity contribution in [3.63, 3.8) is 0 Å². The Morgan fingerprint density at radius 3 is 2.79 bits per heavy atom. The molecule has 19 heavy (non-hydrogen) atoms. The molecule has 0 aliphatic heterocycles. The number of nitrogens with zero attached hydrogens (tertiary/aromatic N) is 3. The van der Waals surface area contributed by atoms with Crippen LogP contribution in [0.5, 0.6) is 0 Å². The van der Waals surface area contributed by atoms with Gasteiger partial charge in [-0.05, 0) is 31.5 Å². The quantitative estimate of drug-likeness (QED) is 0.774. The topological polar surface area (TPSA) is 42.7 Å². The third-order valence-electron chi connectivity index (χ3n) is 3.17. The molecule has 0 saturated heterocycles. The molecule has 0 aliphatic rings. The van der Waals surface area contributed by atoms with E-state index in [1.165, 1.54) is 11.4 Å². The van der Waals surface area contributed by atoms with Gasteiger partial charge in [0.15, 0.2) is 0 Å². The maximum atomic E-state index is 4.55. The summed E-state index contributed by atoms with van der Waals surface area (Å²) in [4.78, 5) is 4.32. The van der Waals surface area contributed by atoms with E-state index in [2.05, 4.69) is 46.1 Å². The van der Waals surface area contributed by atoms with Crippen LogP contribution in [0.2, 0.25) is 0 Å². The molecule has 0 aromatic carbocycles. The zero-order valence-electron chi connectivity index (χ0n) is 11.8. The smallest absolute Gasteiger partial charge is 0.0625 e. The molecule has 0 bridgehead atoms.